The van der Waals surface area contributed by atoms with Crippen molar-refractivity contribution in [2.45, 2.75) is 25.7 Å². The van der Waals surface area contributed by atoms with Gasteiger partial charge in [0.2, 0.25) is 0 Å². The highest BCUT2D eigenvalue weighted by atomic mass is 19.1. The Kier molecular flexibility index (Phi) is 7.66. The van der Waals surface area contributed by atoms with Crippen LogP contribution in [0.4, 0.5) is 4.39 Å². The molecular formula is C26H29FN4O2. The molecule has 0 saturated heterocycles. The number of amidine groups is 2. The van der Waals surface area contributed by atoms with Crippen molar-refractivity contribution in [1.29, 1.82) is 10.8 Å². The summed E-state index contributed by atoms with van der Waals surface area (Å²) >= 11 is 0. The second-order valence-electron chi connectivity index (χ2n) is 7.77. The Hall–Kier alpha value is -3.87. The first-order valence-electron chi connectivity index (χ1n) is 10.6. The summed E-state index contributed by atoms with van der Waals surface area (Å²) in [6, 6.07) is 16.2. The molecule has 0 atom stereocenters. The van der Waals surface area contributed by atoms with Crippen molar-refractivity contribution >= 4 is 11.7 Å². The third kappa shape index (κ3) is 5.68. The summed E-state index contributed by atoms with van der Waals surface area (Å²) in [5.41, 5.74) is 15.4. The normalized spacial score (nSPS) is 10.6. The Morgan fingerprint density at radius 2 is 1.09 bits per heavy atom. The van der Waals surface area contributed by atoms with Crippen molar-refractivity contribution < 1.29 is 13.9 Å². The third-order valence-corrected chi connectivity index (χ3v) is 5.68. The van der Waals surface area contributed by atoms with Gasteiger partial charge in [-0.25, -0.2) is 4.39 Å². The van der Waals surface area contributed by atoms with Gasteiger partial charge in [0.15, 0.2) is 0 Å². The Morgan fingerprint density at radius 1 is 0.697 bits per heavy atom. The maximum Gasteiger partial charge on any atom is 0.129 e. The molecule has 6 N–H and O–H groups in total. The average Bonchev–Trinajstić information content (AvgIpc) is 2.82. The van der Waals surface area contributed by atoms with E-state index in [0.29, 0.717) is 59.4 Å². The topological polar surface area (TPSA) is 118 Å². The number of methoxy groups -OCH3 is 2. The van der Waals surface area contributed by atoms with Crippen LogP contribution in [0.15, 0.2) is 54.6 Å². The first-order chi connectivity index (χ1) is 15.8. The van der Waals surface area contributed by atoms with Gasteiger partial charge in [-0.05, 0) is 60.1 Å². The van der Waals surface area contributed by atoms with E-state index in [2.05, 4.69) is 0 Å². The predicted molar refractivity (Wildman–Crippen MR) is 129 cm³/mol. The molecule has 0 aliphatic heterocycles. The van der Waals surface area contributed by atoms with Crippen LogP contribution in [0.5, 0.6) is 11.5 Å². The first kappa shape index (κ1) is 23.8. The molecule has 0 aliphatic rings. The molecular weight excluding hydrogens is 419 g/mol. The molecule has 3 aromatic rings. The van der Waals surface area contributed by atoms with E-state index in [-0.39, 0.29) is 17.5 Å². The van der Waals surface area contributed by atoms with Gasteiger partial charge in [-0.1, -0.05) is 42.5 Å². The van der Waals surface area contributed by atoms with Gasteiger partial charge in [0.05, 0.1) is 14.2 Å². The fraction of sp³-hybridized carbons (Fsp3) is 0.231. The van der Waals surface area contributed by atoms with Crippen LogP contribution in [0.1, 0.15) is 33.4 Å². The highest BCUT2D eigenvalue weighted by Gasteiger charge is 2.13. The summed E-state index contributed by atoms with van der Waals surface area (Å²) in [6.45, 7) is 0. The first-order valence-corrected chi connectivity index (χ1v) is 10.6. The highest BCUT2D eigenvalue weighted by Crippen LogP contribution is 2.25. The molecule has 0 bridgehead atoms. The van der Waals surface area contributed by atoms with E-state index < -0.39 is 0 Å². The van der Waals surface area contributed by atoms with Gasteiger partial charge in [0.25, 0.3) is 0 Å². The van der Waals surface area contributed by atoms with Crippen molar-refractivity contribution in [3.63, 3.8) is 0 Å². The largest absolute Gasteiger partial charge is 0.496 e. The van der Waals surface area contributed by atoms with Crippen LogP contribution < -0.4 is 20.9 Å². The maximum absolute atomic E-state index is 15.2. The van der Waals surface area contributed by atoms with E-state index in [1.807, 2.05) is 18.2 Å². The summed E-state index contributed by atoms with van der Waals surface area (Å²) in [4.78, 5) is 0. The molecule has 0 spiro atoms. The smallest absolute Gasteiger partial charge is 0.129 e. The molecule has 0 unspecified atom stereocenters. The van der Waals surface area contributed by atoms with Gasteiger partial charge in [0.1, 0.15) is 29.0 Å². The SMILES string of the molecule is COc1cc(C(=N)N)ccc1CCc1cccc(CCc2ccc(C(=N)N)cc2OC)c1F. The number of nitrogens with one attached hydrogen (secondary N) is 2. The van der Waals surface area contributed by atoms with Crippen LogP contribution in [-0.4, -0.2) is 25.9 Å². The molecule has 172 valence electrons. The number of aryl methyl sites for hydroxylation is 4. The zero-order valence-corrected chi connectivity index (χ0v) is 18.9. The lowest BCUT2D eigenvalue weighted by Gasteiger charge is -2.13. The third-order valence-electron chi connectivity index (χ3n) is 5.68. The molecule has 0 saturated carbocycles. The molecule has 0 amide bonds. The number of hydrogen-bond donors (Lipinski definition) is 4. The summed E-state index contributed by atoms with van der Waals surface area (Å²) in [7, 11) is 3.14. The van der Waals surface area contributed by atoms with Crippen LogP contribution in [0.25, 0.3) is 0 Å². The van der Waals surface area contributed by atoms with Gasteiger partial charge >= 0.3 is 0 Å². The minimum atomic E-state index is -0.198. The Bertz CT molecular complexity index is 1090. The monoisotopic (exact) mass is 448 g/mol. The standard InChI is InChI=1S/C26H29FN4O2/c1-32-22-14-20(25(28)29)12-8-16(22)6-10-18-4-3-5-19(24(18)27)11-7-17-9-13-21(26(30)31)15-23(17)33-2/h3-5,8-9,12-15H,6-7,10-11H2,1-2H3,(H3,28,29)(H3,30,31). The average molecular weight is 449 g/mol. The molecule has 0 radical (unpaired) electrons. The van der Waals surface area contributed by atoms with E-state index in [0.717, 1.165) is 11.1 Å². The van der Waals surface area contributed by atoms with Gasteiger partial charge in [-0.15, -0.1) is 0 Å². The Balaban J connectivity index is 1.73. The van der Waals surface area contributed by atoms with E-state index in [9.17, 15) is 0 Å². The highest BCUT2D eigenvalue weighted by molar-refractivity contribution is 5.95. The van der Waals surface area contributed by atoms with Crippen molar-refractivity contribution in [2.24, 2.45) is 11.5 Å². The number of hydrogen-bond acceptors (Lipinski definition) is 4. The maximum atomic E-state index is 15.2. The summed E-state index contributed by atoms with van der Waals surface area (Å²) < 4.78 is 26.1. The molecule has 3 rings (SSSR count). The Labute approximate surface area is 193 Å². The minimum absolute atomic E-state index is 0.0221. The second kappa shape index (κ2) is 10.6. The van der Waals surface area contributed by atoms with Crippen molar-refractivity contribution in [3.8, 4) is 11.5 Å². The number of nitrogen functional groups attached to an aromatic ring is 2. The fourth-order valence-electron chi connectivity index (χ4n) is 3.80. The van der Waals surface area contributed by atoms with Crippen LogP contribution in [0, 0.1) is 16.6 Å². The van der Waals surface area contributed by atoms with E-state index in [1.165, 1.54) is 0 Å². The zero-order chi connectivity index (χ0) is 24.0. The lowest BCUT2D eigenvalue weighted by molar-refractivity contribution is 0.409. The van der Waals surface area contributed by atoms with Gasteiger partial charge in [0, 0.05) is 11.1 Å². The van der Waals surface area contributed by atoms with Crippen molar-refractivity contribution in [3.05, 3.63) is 93.8 Å². The van der Waals surface area contributed by atoms with E-state index in [1.54, 1.807) is 50.6 Å². The molecule has 33 heavy (non-hydrogen) atoms. The molecule has 0 fully saturated rings. The van der Waals surface area contributed by atoms with Crippen LogP contribution in [0.3, 0.4) is 0 Å². The second-order valence-corrected chi connectivity index (χ2v) is 7.77. The van der Waals surface area contributed by atoms with Crippen molar-refractivity contribution in [2.75, 3.05) is 14.2 Å². The Morgan fingerprint density at radius 3 is 1.45 bits per heavy atom. The molecule has 0 aliphatic carbocycles. The summed E-state index contributed by atoms with van der Waals surface area (Å²) in [5.74, 6) is 1.04. The van der Waals surface area contributed by atoms with Crippen LogP contribution >= 0.6 is 0 Å². The molecule has 0 heterocycles. The zero-order valence-electron chi connectivity index (χ0n) is 18.9. The number of ether oxygens (including phenoxy) is 2. The van der Waals surface area contributed by atoms with E-state index in [4.69, 9.17) is 31.8 Å². The molecule has 6 nitrogen and oxygen atoms in total. The minimum Gasteiger partial charge on any atom is -0.496 e. The number of rotatable bonds is 10. The van der Waals surface area contributed by atoms with E-state index >= 15 is 4.39 Å². The van der Waals surface area contributed by atoms with Crippen LogP contribution in [0.2, 0.25) is 0 Å². The van der Waals surface area contributed by atoms with Crippen molar-refractivity contribution in [1.82, 2.24) is 0 Å². The van der Waals surface area contributed by atoms with Gasteiger partial charge < -0.3 is 20.9 Å². The lowest BCUT2D eigenvalue weighted by Crippen LogP contribution is -2.11. The summed E-state index contributed by atoms with van der Waals surface area (Å²) in [5, 5.41) is 15.1. The number of nitrogens with two attached hydrogens (primary N) is 2. The number of halogens is 1. The summed E-state index contributed by atoms with van der Waals surface area (Å²) in [6.07, 6.45) is 2.24. The van der Waals surface area contributed by atoms with Crippen LogP contribution in [-0.2, 0) is 25.7 Å². The molecule has 7 heteroatoms. The van der Waals surface area contributed by atoms with Gasteiger partial charge in [-0.2, -0.15) is 0 Å². The van der Waals surface area contributed by atoms with Gasteiger partial charge in [-0.3, -0.25) is 10.8 Å². The fourth-order valence-corrected chi connectivity index (χ4v) is 3.80. The molecule has 3 aromatic carbocycles. The quantitative estimate of drug-likeness (QED) is 0.277. The molecule has 0 aromatic heterocycles. The lowest BCUT2D eigenvalue weighted by atomic mass is 9.97. The number of benzene rings is 3. The predicted octanol–water partition coefficient (Wildman–Crippen LogP) is 3.98.